The van der Waals surface area contributed by atoms with E-state index in [4.69, 9.17) is 4.74 Å². The van der Waals surface area contributed by atoms with Crippen molar-refractivity contribution in [3.8, 4) is 5.75 Å². The number of nitrogens with one attached hydrogen (secondary N) is 1. The number of ether oxygens (including phenoxy) is 1. The predicted molar refractivity (Wildman–Crippen MR) is 95.5 cm³/mol. The van der Waals surface area contributed by atoms with Crippen LogP contribution in [0.4, 0.5) is 5.82 Å². The number of fused-ring (bicyclic) bond motifs is 1. The molecule has 1 aromatic rings. The summed E-state index contributed by atoms with van der Waals surface area (Å²) >= 11 is 0. The average Bonchev–Trinajstić information content (AvgIpc) is 2.84. The lowest BCUT2D eigenvalue weighted by atomic mass is 9.98. The maximum absolute atomic E-state index is 13.1. The van der Waals surface area contributed by atoms with Crippen LogP contribution >= 0.6 is 0 Å². The second kappa shape index (κ2) is 7.02. The van der Waals surface area contributed by atoms with Crippen molar-refractivity contribution in [1.82, 2.24) is 10.3 Å². The molecular weight excluding hydrogens is 318 g/mol. The van der Waals surface area contributed by atoms with Gasteiger partial charge in [0.2, 0.25) is 0 Å². The van der Waals surface area contributed by atoms with Gasteiger partial charge in [-0.05, 0) is 45.7 Å². The van der Waals surface area contributed by atoms with Crippen LogP contribution in [-0.2, 0) is 9.59 Å². The molecule has 1 aromatic heterocycles. The highest BCUT2D eigenvalue weighted by molar-refractivity contribution is 6.16. The van der Waals surface area contributed by atoms with E-state index >= 15 is 0 Å². The summed E-state index contributed by atoms with van der Waals surface area (Å²) in [4.78, 5) is 31.9. The number of rotatable bonds is 3. The van der Waals surface area contributed by atoms with Crippen molar-refractivity contribution in [2.75, 3.05) is 4.90 Å². The number of nitrogens with zero attached hydrogens (tertiary/aromatic N) is 2. The largest absolute Gasteiger partial charge is 0.464 e. The Morgan fingerprint density at radius 3 is 2.64 bits per heavy atom. The molecule has 136 valence electrons. The zero-order valence-corrected chi connectivity index (χ0v) is 15.2. The quantitative estimate of drug-likeness (QED) is 0.675. The summed E-state index contributed by atoms with van der Waals surface area (Å²) in [5, 5.41) is 3.06. The highest BCUT2D eigenvalue weighted by atomic mass is 16.5. The second-order valence-corrected chi connectivity index (χ2v) is 7.39. The van der Waals surface area contributed by atoms with Gasteiger partial charge in [-0.15, -0.1) is 0 Å². The van der Waals surface area contributed by atoms with Gasteiger partial charge in [-0.2, -0.15) is 0 Å². The third-order valence-electron chi connectivity index (χ3n) is 5.06. The van der Waals surface area contributed by atoms with Crippen molar-refractivity contribution >= 4 is 17.6 Å². The van der Waals surface area contributed by atoms with Crippen LogP contribution in [0.5, 0.6) is 5.75 Å². The number of aromatic nitrogens is 1. The first-order chi connectivity index (χ1) is 11.9. The van der Waals surface area contributed by atoms with E-state index in [2.05, 4.69) is 10.3 Å². The molecule has 0 saturated heterocycles. The number of carbonyl (C=O) groups excluding carboxylic acids is 2. The van der Waals surface area contributed by atoms with Gasteiger partial charge < -0.3 is 10.1 Å². The number of anilines is 1. The molecule has 6 heteroatoms. The molecule has 1 N–H and O–H groups in total. The molecule has 3 rings (SSSR count). The maximum Gasteiger partial charge on any atom is 0.282 e. The molecule has 1 aliphatic carbocycles. The molecule has 0 spiro atoms. The predicted octanol–water partition coefficient (Wildman–Crippen LogP) is 2.81. The van der Waals surface area contributed by atoms with Crippen molar-refractivity contribution in [2.45, 2.75) is 77.0 Å². The third kappa shape index (κ3) is 3.34. The summed E-state index contributed by atoms with van der Waals surface area (Å²) in [6, 6.07) is 3.50. The first-order valence-corrected chi connectivity index (χ1v) is 9.22. The Kier molecular flexibility index (Phi) is 4.97. The van der Waals surface area contributed by atoms with Crippen molar-refractivity contribution in [2.24, 2.45) is 0 Å². The molecule has 1 fully saturated rings. The fraction of sp³-hybridized carbons (Fsp3) is 0.632. The van der Waals surface area contributed by atoms with Crippen LogP contribution in [0.25, 0.3) is 0 Å². The summed E-state index contributed by atoms with van der Waals surface area (Å²) in [5.74, 6) is 0.223. The van der Waals surface area contributed by atoms with Gasteiger partial charge in [0.1, 0.15) is 0 Å². The zero-order chi connectivity index (χ0) is 18.0. The minimum Gasteiger partial charge on any atom is -0.464 e. The van der Waals surface area contributed by atoms with E-state index in [9.17, 15) is 9.59 Å². The molecule has 0 radical (unpaired) electrons. The van der Waals surface area contributed by atoms with Gasteiger partial charge in [0.25, 0.3) is 17.4 Å². The molecule has 6 nitrogen and oxygen atoms in total. The van der Waals surface area contributed by atoms with Crippen molar-refractivity contribution in [1.29, 1.82) is 0 Å². The molecule has 1 saturated carbocycles. The molecule has 1 atom stereocenters. The van der Waals surface area contributed by atoms with Gasteiger partial charge >= 0.3 is 0 Å². The average molecular weight is 345 g/mol. The number of carbonyl (C=O) groups is 2. The van der Waals surface area contributed by atoms with Crippen LogP contribution in [0.15, 0.2) is 18.3 Å². The van der Waals surface area contributed by atoms with Gasteiger partial charge in [0.15, 0.2) is 11.6 Å². The van der Waals surface area contributed by atoms with E-state index in [1.54, 1.807) is 30.2 Å². The smallest absolute Gasteiger partial charge is 0.282 e. The molecule has 2 aliphatic rings. The third-order valence-corrected chi connectivity index (χ3v) is 5.06. The Balaban J connectivity index is 1.86. The normalized spacial score (nSPS) is 24.5. The molecule has 1 aliphatic heterocycles. The minimum absolute atomic E-state index is 0.116. The van der Waals surface area contributed by atoms with E-state index in [1.165, 1.54) is 12.8 Å². The van der Waals surface area contributed by atoms with Crippen LogP contribution in [0.2, 0.25) is 0 Å². The van der Waals surface area contributed by atoms with E-state index < -0.39 is 5.60 Å². The Bertz CT molecular complexity index is 653. The number of hydrogen-bond acceptors (Lipinski definition) is 4. The summed E-state index contributed by atoms with van der Waals surface area (Å²) < 4.78 is 5.88. The number of pyridine rings is 1. The van der Waals surface area contributed by atoms with Crippen LogP contribution < -0.4 is 15.0 Å². The molecule has 0 bridgehead atoms. The van der Waals surface area contributed by atoms with Gasteiger partial charge in [-0.3, -0.25) is 14.5 Å². The summed E-state index contributed by atoms with van der Waals surface area (Å²) in [6.45, 7) is 5.38. The Morgan fingerprint density at radius 1 is 1.32 bits per heavy atom. The number of amides is 2. The lowest BCUT2D eigenvalue weighted by molar-refractivity contribution is -0.149. The lowest BCUT2D eigenvalue weighted by Gasteiger charge is -2.40. The topological polar surface area (TPSA) is 71.5 Å². The minimum atomic E-state index is -1.56. The summed E-state index contributed by atoms with van der Waals surface area (Å²) in [6.07, 6.45) is 8.18. The van der Waals surface area contributed by atoms with Crippen LogP contribution in [0.3, 0.4) is 0 Å². The molecule has 2 heterocycles. The van der Waals surface area contributed by atoms with Gasteiger partial charge in [-0.1, -0.05) is 25.7 Å². The molecule has 0 aromatic carbocycles. The first-order valence-electron chi connectivity index (χ1n) is 9.22. The Morgan fingerprint density at radius 2 is 2.00 bits per heavy atom. The molecular formula is C19H27N3O3. The summed E-state index contributed by atoms with van der Waals surface area (Å²) in [5.41, 5.74) is -1.56. The standard InChI is InChI=1S/C19H27N3O3/c1-13(2)22-16-15(11-8-12-20-16)25-19(3,18(22)24)17(23)21-14-9-6-4-5-7-10-14/h8,11-14H,4-7,9-10H2,1-3H3,(H,21,23). The summed E-state index contributed by atoms with van der Waals surface area (Å²) in [7, 11) is 0. The van der Waals surface area contributed by atoms with Crippen LogP contribution in [0, 0.1) is 0 Å². The fourth-order valence-electron chi connectivity index (χ4n) is 3.60. The molecule has 2 amide bonds. The van der Waals surface area contributed by atoms with E-state index in [0.29, 0.717) is 11.6 Å². The Hall–Kier alpha value is -2.11. The molecule has 1 unspecified atom stereocenters. The van der Waals surface area contributed by atoms with E-state index in [0.717, 1.165) is 25.7 Å². The van der Waals surface area contributed by atoms with Gasteiger partial charge in [-0.25, -0.2) is 4.98 Å². The van der Waals surface area contributed by atoms with E-state index in [1.807, 2.05) is 13.8 Å². The Labute approximate surface area is 148 Å². The number of hydrogen-bond donors (Lipinski definition) is 1. The van der Waals surface area contributed by atoms with Crippen LogP contribution in [0.1, 0.15) is 59.3 Å². The van der Waals surface area contributed by atoms with Crippen LogP contribution in [-0.4, -0.2) is 34.5 Å². The highest BCUT2D eigenvalue weighted by Crippen LogP contribution is 2.37. The highest BCUT2D eigenvalue weighted by Gasteiger charge is 2.52. The second-order valence-electron chi connectivity index (χ2n) is 7.39. The van der Waals surface area contributed by atoms with E-state index in [-0.39, 0.29) is 23.9 Å². The zero-order valence-electron chi connectivity index (χ0n) is 15.2. The van der Waals surface area contributed by atoms with Gasteiger partial charge in [0.05, 0.1) is 0 Å². The maximum atomic E-state index is 13.1. The van der Waals surface area contributed by atoms with Gasteiger partial charge in [0, 0.05) is 18.3 Å². The monoisotopic (exact) mass is 345 g/mol. The van der Waals surface area contributed by atoms with Crippen molar-refractivity contribution in [3.63, 3.8) is 0 Å². The fourth-order valence-corrected chi connectivity index (χ4v) is 3.60. The lowest BCUT2D eigenvalue weighted by Crippen LogP contribution is -2.64. The first kappa shape index (κ1) is 17.7. The van der Waals surface area contributed by atoms with Crippen molar-refractivity contribution in [3.05, 3.63) is 18.3 Å². The SMILES string of the molecule is CC(C)N1C(=O)C(C)(C(=O)NC2CCCCCC2)Oc2cccnc21. The van der Waals surface area contributed by atoms with Crippen molar-refractivity contribution < 1.29 is 14.3 Å². The molecule has 25 heavy (non-hydrogen) atoms.